The molecule has 3 rings (SSSR count). The van der Waals surface area contributed by atoms with Gasteiger partial charge in [-0.25, -0.2) is 0 Å². The molecule has 0 saturated carbocycles. The van der Waals surface area contributed by atoms with Crippen molar-refractivity contribution in [3.63, 3.8) is 0 Å². The van der Waals surface area contributed by atoms with Crippen LogP contribution in [0.25, 0.3) is 0 Å². The summed E-state index contributed by atoms with van der Waals surface area (Å²) in [7, 11) is 0. The van der Waals surface area contributed by atoms with Crippen LogP contribution in [0.2, 0.25) is 0 Å². The predicted octanol–water partition coefficient (Wildman–Crippen LogP) is 2.31. The molecule has 1 aliphatic rings. The molecular formula is C18H24N2O3S. The maximum atomic E-state index is 10.6. The third-order valence-electron chi connectivity index (χ3n) is 4.89. The molecule has 130 valence electrons. The van der Waals surface area contributed by atoms with Gasteiger partial charge in [-0.1, -0.05) is 0 Å². The Labute approximate surface area is 146 Å². The van der Waals surface area contributed by atoms with Crippen molar-refractivity contribution in [1.82, 2.24) is 9.88 Å². The molecule has 2 aromatic rings. The van der Waals surface area contributed by atoms with Crippen LogP contribution in [0.1, 0.15) is 39.6 Å². The first-order chi connectivity index (χ1) is 11.5. The summed E-state index contributed by atoms with van der Waals surface area (Å²) < 4.78 is 0. The molecular weight excluding hydrogens is 324 g/mol. The van der Waals surface area contributed by atoms with Gasteiger partial charge in [0.1, 0.15) is 5.75 Å². The van der Waals surface area contributed by atoms with Gasteiger partial charge in [0, 0.05) is 41.2 Å². The molecule has 6 heteroatoms. The van der Waals surface area contributed by atoms with Crippen LogP contribution in [0.3, 0.4) is 0 Å². The molecule has 0 aliphatic carbocycles. The lowest BCUT2D eigenvalue weighted by Crippen LogP contribution is -2.42. The van der Waals surface area contributed by atoms with Crippen LogP contribution >= 0.6 is 11.3 Å². The third-order valence-corrected chi connectivity index (χ3v) is 6.04. The van der Waals surface area contributed by atoms with Crippen LogP contribution in [0, 0.1) is 13.8 Å². The quantitative estimate of drug-likeness (QED) is 0.790. The van der Waals surface area contributed by atoms with E-state index in [1.165, 1.54) is 10.4 Å². The summed E-state index contributed by atoms with van der Waals surface area (Å²) in [5.41, 5.74) is 3.17. The zero-order valence-corrected chi connectivity index (χ0v) is 14.9. The van der Waals surface area contributed by atoms with Gasteiger partial charge >= 0.3 is 0 Å². The van der Waals surface area contributed by atoms with Gasteiger partial charge in [0.2, 0.25) is 0 Å². The molecule has 1 fully saturated rings. The van der Waals surface area contributed by atoms with E-state index in [9.17, 15) is 15.3 Å². The molecule has 0 unspecified atom stereocenters. The second-order valence-corrected chi connectivity index (χ2v) is 7.47. The lowest BCUT2D eigenvalue weighted by atomic mass is 9.90. The number of aliphatic hydroxyl groups is 2. The highest BCUT2D eigenvalue weighted by Gasteiger charge is 2.31. The van der Waals surface area contributed by atoms with Gasteiger partial charge in [-0.2, -0.15) is 0 Å². The van der Waals surface area contributed by atoms with E-state index < -0.39 is 6.10 Å². The Morgan fingerprint density at radius 3 is 2.79 bits per heavy atom. The predicted molar refractivity (Wildman–Crippen MR) is 94.3 cm³/mol. The Kier molecular flexibility index (Phi) is 5.20. The van der Waals surface area contributed by atoms with Gasteiger partial charge < -0.3 is 15.3 Å². The number of aromatic nitrogens is 1. The summed E-state index contributed by atoms with van der Waals surface area (Å²) in [4.78, 5) is 7.51. The van der Waals surface area contributed by atoms with E-state index in [1.54, 1.807) is 24.5 Å². The Bertz CT molecular complexity index is 716. The Hall–Kier alpha value is -1.47. The fourth-order valence-electron chi connectivity index (χ4n) is 3.43. The Balaban J connectivity index is 1.73. The van der Waals surface area contributed by atoms with Crippen LogP contribution in [0.15, 0.2) is 17.6 Å². The minimum absolute atomic E-state index is 0.146. The third kappa shape index (κ3) is 3.32. The van der Waals surface area contributed by atoms with E-state index in [0.717, 1.165) is 13.0 Å². The first kappa shape index (κ1) is 17.4. The normalized spacial score (nSPS) is 22.0. The van der Waals surface area contributed by atoms with E-state index >= 15 is 0 Å². The number of aromatic hydroxyl groups is 1. The molecule has 3 N–H and O–H groups in total. The Morgan fingerprint density at radius 1 is 1.38 bits per heavy atom. The number of aryl methyl sites for hydroxylation is 2. The number of hydrogen-bond acceptors (Lipinski definition) is 6. The molecule has 0 aromatic carbocycles. The molecule has 0 radical (unpaired) electrons. The number of hydrogen-bond donors (Lipinski definition) is 3. The van der Waals surface area contributed by atoms with Crippen LogP contribution in [-0.4, -0.2) is 44.4 Å². The number of piperidine rings is 1. The van der Waals surface area contributed by atoms with Crippen LogP contribution in [-0.2, 0) is 13.2 Å². The maximum absolute atomic E-state index is 10.6. The molecule has 1 saturated heterocycles. The smallest absolute Gasteiger partial charge is 0.141 e. The second kappa shape index (κ2) is 7.19. The number of pyridine rings is 1. The molecule has 2 atom stereocenters. The van der Waals surface area contributed by atoms with E-state index in [2.05, 4.69) is 28.3 Å². The highest BCUT2D eigenvalue weighted by molar-refractivity contribution is 7.10. The maximum Gasteiger partial charge on any atom is 0.141 e. The van der Waals surface area contributed by atoms with Crippen LogP contribution in [0.5, 0.6) is 5.75 Å². The molecule has 5 nitrogen and oxygen atoms in total. The molecule has 24 heavy (non-hydrogen) atoms. The van der Waals surface area contributed by atoms with Crippen molar-refractivity contribution in [2.75, 3.05) is 13.1 Å². The molecule has 0 spiro atoms. The van der Waals surface area contributed by atoms with Crippen molar-refractivity contribution in [1.29, 1.82) is 0 Å². The van der Waals surface area contributed by atoms with Gasteiger partial charge in [-0.05, 0) is 43.8 Å². The molecule has 3 heterocycles. The topological polar surface area (TPSA) is 76.8 Å². The number of likely N-dealkylation sites (tertiary alicyclic amines) is 1. The highest BCUT2D eigenvalue weighted by atomic mass is 32.1. The van der Waals surface area contributed by atoms with Gasteiger partial charge in [0.15, 0.2) is 0 Å². The lowest BCUT2D eigenvalue weighted by molar-refractivity contribution is 0.0479. The fraction of sp³-hybridized carbons (Fsp3) is 0.500. The minimum atomic E-state index is -0.418. The van der Waals surface area contributed by atoms with Crippen molar-refractivity contribution in [3.8, 4) is 5.75 Å². The van der Waals surface area contributed by atoms with Gasteiger partial charge in [-0.15, -0.1) is 11.3 Å². The van der Waals surface area contributed by atoms with Crippen molar-refractivity contribution in [2.24, 2.45) is 0 Å². The summed E-state index contributed by atoms with van der Waals surface area (Å²) in [6.07, 6.45) is 2.09. The lowest BCUT2D eigenvalue weighted by Gasteiger charge is -2.36. The van der Waals surface area contributed by atoms with Crippen molar-refractivity contribution < 1.29 is 15.3 Å². The van der Waals surface area contributed by atoms with Crippen LogP contribution in [0.4, 0.5) is 0 Å². The molecule has 0 bridgehead atoms. The zero-order chi connectivity index (χ0) is 17.3. The molecule has 1 aliphatic heterocycles. The minimum Gasteiger partial charge on any atom is -0.506 e. The van der Waals surface area contributed by atoms with Crippen molar-refractivity contribution in [3.05, 3.63) is 44.9 Å². The van der Waals surface area contributed by atoms with Crippen molar-refractivity contribution >= 4 is 11.3 Å². The molecule has 0 amide bonds. The molecule has 2 aromatic heterocycles. The van der Waals surface area contributed by atoms with E-state index in [-0.39, 0.29) is 18.3 Å². The van der Waals surface area contributed by atoms with E-state index in [4.69, 9.17) is 0 Å². The number of β-amino-alcohol motifs (C(OH)–C–C–N with tert-alkyl or cyclic N) is 1. The standard InChI is InChI=1S/C18H24N2O3S/c1-11-4-6-24-18(11)14-3-5-20(9-16(14)22)8-15-13(10-21)7-19-12(2)17(15)23/h4,6-7,14,16,21-23H,3,5,8-10H2,1-2H3/t14-,16-/m1/s1. The zero-order valence-electron chi connectivity index (χ0n) is 14.1. The summed E-state index contributed by atoms with van der Waals surface area (Å²) in [6, 6.07) is 2.10. The average molecular weight is 348 g/mol. The number of nitrogens with zero attached hydrogens (tertiary/aromatic N) is 2. The SMILES string of the molecule is Cc1ccsc1[C@@H]1CCN(Cc2c(CO)cnc(C)c2O)C[C@H]1O. The number of thiophene rings is 1. The summed E-state index contributed by atoms with van der Waals surface area (Å²) in [6.45, 7) is 5.62. The summed E-state index contributed by atoms with van der Waals surface area (Å²) in [5.74, 6) is 0.332. The van der Waals surface area contributed by atoms with Gasteiger partial charge in [0.25, 0.3) is 0 Å². The van der Waals surface area contributed by atoms with Crippen molar-refractivity contribution in [2.45, 2.75) is 45.4 Å². The average Bonchev–Trinajstić information content (AvgIpc) is 2.98. The monoisotopic (exact) mass is 348 g/mol. The summed E-state index contributed by atoms with van der Waals surface area (Å²) >= 11 is 1.72. The number of rotatable bonds is 4. The van der Waals surface area contributed by atoms with Crippen LogP contribution < -0.4 is 0 Å². The second-order valence-electron chi connectivity index (χ2n) is 6.52. The fourth-order valence-corrected chi connectivity index (χ4v) is 4.55. The van der Waals surface area contributed by atoms with E-state index in [1.807, 2.05) is 0 Å². The first-order valence-electron chi connectivity index (χ1n) is 8.22. The number of aliphatic hydroxyl groups excluding tert-OH is 2. The first-order valence-corrected chi connectivity index (χ1v) is 9.10. The highest BCUT2D eigenvalue weighted by Crippen LogP contribution is 2.35. The van der Waals surface area contributed by atoms with Gasteiger partial charge in [-0.3, -0.25) is 9.88 Å². The summed E-state index contributed by atoms with van der Waals surface area (Å²) in [5, 5.41) is 32.5. The Morgan fingerprint density at radius 2 is 2.17 bits per heavy atom. The van der Waals surface area contributed by atoms with Gasteiger partial charge in [0.05, 0.1) is 18.4 Å². The van der Waals surface area contributed by atoms with E-state index in [0.29, 0.717) is 29.9 Å². The largest absolute Gasteiger partial charge is 0.506 e.